The van der Waals surface area contributed by atoms with Gasteiger partial charge in [-0.1, -0.05) is 30.3 Å². The van der Waals surface area contributed by atoms with Crippen LogP contribution < -0.4 is 5.32 Å². The molecule has 2 N–H and O–H groups in total. The minimum Gasteiger partial charge on any atom is -0.361 e. The lowest BCUT2D eigenvalue weighted by Crippen LogP contribution is -2.27. The van der Waals surface area contributed by atoms with Gasteiger partial charge in [0.25, 0.3) is 5.91 Å². The highest BCUT2D eigenvalue weighted by molar-refractivity contribution is 5.95. The van der Waals surface area contributed by atoms with Crippen molar-refractivity contribution in [2.75, 3.05) is 6.54 Å². The van der Waals surface area contributed by atoms with E-state index in [-0.39, 0.29) is 5.91 Å². The summed E-state index contributed by atoms with van der Waals surface area (Å²) in [6.45, 7) is 2.36. The topological polar surface area (TPSA) is 70.7 Å². The van der Waals surface area contributed by atoms with Gasteiger partial charge in [0.05, 0.1) is 16.7 Å². The summed E-state index contributed by atoms with van der Waals surface area (Å²) in [5, 5.41) is 4.15. The number of aromatic nitrogens is 3. The predicted octanol–water partition coefficient (Wildman–Crippen LogP) is 3.39. The van der Waals surface area contributed by atoms with Crippen LogP contribution in [0.1, 0.15) is 21.7 Å². The number of carbonyl (C=O) groups is 1. The van der Waals surface area contributed by atoms with E-state index in [4.69, 9.17) is 0 Å². The van der Waals surface area contributed by atoms with Crippen molar-refractivity contribution in [1.82, 2.24) is 20.3 Å². The highest BCUT2D eigenvalue weighted by Crippen LogP contribution is 2.18. The second-order valence-corrected chi connectivity index (χ2v) is 6.01. The molecule has 0 saturated carbocycles. The highest BCUT2D eigenvalue weighted by Gasteiger charge is 2.13. The number of H-pyrrole nitrogens is 1. The summed E-state index contributed by atoms with van der Waals surface area (Å²) >= 11 is 0. The Kier molecular flexibility index (Phi) is 3.90. The number of carbonyl (C=O) groups excluding carboxylic acids is 1. The molecule has 0 aliphatic rings. The van der Waals surface area contributed by atoms with Crippen molar-refractivity contribution in [2.45, 2.75) is 13.3 Å². The van der Waals surface area contributed by atoms with Crippen molar-refractivity contribution in [3.05, 3.63) is 71.7 Å². The number of nitrogens with one attached hydrogen (secondary N) is 2. The Balaban J connectivity index is 1.48. The molecule has 5 heteroatoms. The number of para-hydroxylation sites is 3. The van der Waals surface area contributed by atoms with E-state index in [0.717, 1.165) is 23.0 Å². The van der Waals surface area contributed by atoms with E-state index in [1.54, 1.807) is 0 Å². The van der Waals surface area contributed by atoms with Gasteiger partial charge in [0, 0.05) is 23.6 Å². The number of nitrogens with zero attached hydrogens (tertiary/aromatic N) is 2. The van der Waals surface area contributed by atoms with Crippen molar-refractivity contribution in [3.8, 4) is 0 Å². The van der Waals surface area contributed by atoms with E-state index in [2.05, 4.69) is 26.3 Å². The zero-order valence-electron chi connectivity index (χ0n) is 13.9. The fourth-order valence-electron chi connectivity index (χ4n) is 3.04. The second kappa shape index (κ2) is 6.36. The Morgan fingerprint density at radius 3 is 2.60 bits per heavy atom. The van der Waals surface area contributed by atoms with Gasteiger partial charge in [-0.3, -0.25) is 4.79 Å². The molecule has 2 heterocycles. The first-order valence-electron chi connectivity index (χ1n) is 8.29. The molecule has 0 bridgehead atoms. The third-order valence-electron chi connectivity index (χ3n) is 4.31. The standard InChI is InChI=1S/C20H18N4O/c1-13-19(24-18-9-5-4-8-17(18)23-13)20(25)21-11-10-14-12-22-16-7-3-2-6-15(14)16/h2-9,12,22H,10-11H2,1H3,(H,21,25). The smallest absolute Gasteiger partial charge is 0.271 e. The van der Waals surface area contributed by atoms with E-state index in [1.165, 1.54) is 10.9 Å². The maximum Gasteiger partial charge on any atom is 0.271 e. The Labute approximate surface area is 145 Å². The van der Waals surface area contributed by atoms with E-state index in [9.17, 15) is 4.79 Å². The van der Waals surface area contributed by atoms with Gasteiger partial charge < -0.3 is 10.3 Å². The molecule has 0 fully saturated rings. The van der Waals surface area contributed by atoms with Crippen LogP contribution in [0.3, 0.4) is 0 Å². The largest absolute Gasteiger partial charge is 0.361 e. The van der Waals surface area contributed by atoms with Gasteiger partial charge in [0.1, 0.15) is 5.69 Å². The molecule has 0 atom stereocenters. The first-order valence-corrected chi connectivity index (χ1v) is 8.29. The molecule has 0 aliphatic carbocycles. The van der Waals surface area contributed by atoms with Crippen LogP contribution in [0.15, 0.2) is 54.7 Å². The van der Waals surface area contributed by atoms with Crippen LogP contribution in [0.4, 0.5) is 0 Å². The molecule has 25 heavy (non-hydrogen) atoms. The summed E-state index contributed by atoms with van der Waals surface area (Å²) < 4.78 is 0. The van der Waals surface area contributed by atoms with Crippen LogP contribution in [0, 0.1) is 6.92 Å². The first-order chi connectivity index (χ1) is 12.2. The molecule has 0 radical (unpaired) electrons. The van der Waals surface area contributed by atoms with Crippen LogP contribution in [0.2, 0.25) is 0 Å². The number of hydrogen-bond donors (Lipinski definition) is 2. The number of fused-ring (bicyclic) bond motifs is 2. The van der Waals surface area contributed by atoms with Crippen molar-refractivity contribution in [1.29, 1.82) is 0 Å². The van der Waals surface area contributed by atoms with Gasteiger partial charge in [-0.2, -0.15) is 0 Å². The number of amides is 1. The number of aryl methyl sites for hydroxylation is 1. The molecule has 2 aromatic heterocycles. The molecule has 1 amide bonds. The summed E-state index contributed by atoms with van der Waals surface area (Å²) in [7, 11) is 0. The van der Waals surface area contributed by atoms with Gasteiger partial charge in [0.2, 0.25) is 0 Å². The molecule has 5 nitrogen and oxygen atoms in total. The molecule has 0 saturated heterocycles. The summed E-state index contributed by atoms with van der Waals surface area (Å²) in [6.07, 6.45) is 2.76. The SMILES string of the molecule is Cc1nc2ccccc2nc1C(=O)NCCc1c[nH]c2ccccc12. The molecule has 0 unspecified atom stereocenters. The molecular weight excluding hydrogens is 312 g/mol. The highest BCUT2D eigenvalue weighted by atomic mass is 16.1. The predicted molar refractivity (Wildman–Crippen MR) is 98.6 cm³/mol. The minimum atomic E-state index is -0.185. The normalized spacial score (nSPS) is 11.1. The molecule has 4 aromatic rings. The van der Waals surface area contributed by atoms with Gasteiger partial charge in [-0.05, 0) is 37.1 Å². The van der Waals surface area contributed by atoms with Gasteiger partial charge in [0.15, 0.2) is 0 Å². The number of hydrogen-bond acceptors (Lipinski definition) is 3. The van der Waals surface area contributed by atoms with Crippen LogP contribution in [-0.2, 0) is 6.42 Å². The quantitative estimate of drug-likeness (QED) is 0.602. The van der Waals surface area contributed by atoms with E-state index < -0.39 is 0 Å². The average Bonchev–Trinajstić information content (AvgIpc) is 3.04. The third kappa shape index (κ3) is 2.96. The zero-order valence-corrected chi connectivity index (χ0v) is 13.9. The summed E-state index contributed by atoms with van der Waals surface area (Å²) in [5.41, 5.74) is 4.86. The molecule has 0 aliphatic heterocycles. The first kappa shape index (κ1) is 15.3. The Bertz CT molecular complexity index is 1070. The van der Waals surface area contributed by atoms with Crippen molar-refractivity contribution < 1.29 is 4.79 Å². The average molecular weight is 330 g/mol. The number of aromatic amines is 1. The van der Waals surface area contributed by atoms with Crippen LogP contribution in [-0.4, -0.2) is 27.4 Å². The molecule has 2 aromatic carbocycles. The number of rotatable bonds is 4. The number of benzene rings is 2. The van der Waals surface area contributed by atoms with Crippen molar-refractivity contribution >= 4 is 27.8 Å². The molecule has 4 rings (SSSR count). The monoisotopic (exact) mass is 330 g/mol. The van der Waals surface area contributed by atoms with Crippen LogP contribution in [0.25, 0.3) is 21.9 Å². The lowest BCUT2D eigenvalue weighted by atomic mass is 10.1. The molecular formula is C20H18N4O. The van der Waals surface area contributed by atoms with E-state index in [1.807, 2.05) is 55.6 Å². The molecule has 124 valence electrons. The van der Waals surface area contributed by atoms with Gasteiger partial charge >= 0.3 is 0 Å². The minimum absolute atomic E-state index is 0.185. The zero-order chi connectivity index (χ0) is 17.2. The second-order valence-electron chi connectivity index (χ2n) is 6.01. The summed E-state index contributed by atoms with van der Waals surface area (Å²) in [5.74, 6) is -0.185. The maximum absolute atomic E-state index is 12.5. The van der Waals surface area contributed by atoms with E-state index in [0.29, 0.717) is 17.9 Å². The molecule has 0 spiro atoms. The lowest BCUT2D eigenvalue weighted by molar-refractivity contribution is 0.0948. The summed E-state index contributed by atoms with van der Waals surface area (Å²) in [6, 6.07) is 15.7. The van der Waals surface area contributed by atoms with Crippen molar-refractivity contribution in [2.24, 2.45) is 0 Å². The fourth-order valence-corrected chi connectivity index (χ4v) is 3.04. The van der Waals surface area contributed by atoms with E-state index >= 15 is 0 Å². The van der Waals surface area contributed by atoms with Crippen molar-refractivity contribution in [3.63, 3.8) is 0 Å². The maximum atomic E-state index is 12.5. The Morgan fingerprint density at radius 2 is 1.76 bits per heavy atom. The fraction of sp³-hybridized carbons (Fsp3) is 0.150. The third-order valence-corrected chi connectivity index (χ3v) is 4.31. The van der Waals surface area contributed by atoms with Crippen LogP contribution >= 0.6 is 0 Å². The Hall–Kier alpha value is -3.21. The van der Waals surface area contributed by atoms with Crippen LogP contribution in [0.5, 0.6) is 0 Å². The van der Waals surface area contributed by atoms with Gasteiger partial charge in [-0.15, -0.1) is 0 Å². The summed E-state index contributed by atoms with van der Waals surface area (Å²) in [4.78, 5) is 24.7. The Morgan fingerprint density at radius 1 is 1.04 bits per heavy atom. The van der Waals surface area contributed by atoms with Gasteiger partial charge in [-0.25, -0.2) is 9.97 Å². The lowest BCUT2D eigenvalue weighted by Gasteiger charge is -2.07.